The first-order valence-electron chi connectivity index (χ1n) is 11.1. The summed E-state index contributed by atoms with van der Waals surface area (Å²) in [5.41, 5.74) is 2.92. The summed E-state index contributed by atoms with van der Waals surface area (Å²) < 4.78 is 7.88. The van der Waals surface area contributed by atoms with Crippen LogP contribution in [0.3, 0.4) is 0 Å². The Bertz CT molecular complexity index is 1020. The molecule has 2 aromatic heterocycles. The van der Waals surface area contributed by atoms with Crippen molar-refractivity contribution in [3.8, 4) is 0 Å². The van der Waals surface area contributed by atoms with Crippen LogP contribution < -0.4 is 0 Å². The number of hydrogen-bond donors (Lipinski definition) is 0. The lowest BCUT2D eigenvalue weighted by molar-refractivity contribution is 0.0637. The highest BCUT2D eigenvalue weighted by Crippen LogP contribution is 2.26. The van der Waals surface area contributed by atoms with Crippen LogP contribution in [0.1, 0.15) is 40.6 Å². The number of fused-ring (bicyclic) bond motifs is 1. The molecule has 7 heteroatoms. The molecule has 0 radical (unpaired) electrons. The van der Waals surface area contributed by atoms with E-state index in [1.165, 1.54) is 11.8 Å². The Morgan fingerprint density at radius 3 is 2.48 bits per heavy atom. The highest BCUT2D eigenvalue weighted by molar-refractivity contribution is 5.92. The minimum absolute atomic E-state index is 0.0362. The molecule has 0 bridgehead atoms. The summed E-state index contributed by atoms with van der Waals surface area (Å²) in [6, 6.07) is 14.7. The van der Waals surface area contributed by atoms with Crippen LogP contribution in [-0.2, 0) is 19.6 Å². The number of rotatable bonds is 5. The van der Waals surface area contributed by atoms with Crippen molar-refractivity contribution in [2.45, 2.75) is 32.6 Å². The van der Waals surface area contributed by atoms with Crippen molar-refractivity contribution < 1.29 is 9.21 Å². The van der Waals surface area contributed by atoms with Crippen LogP contribution in [0.25, 0.3) is 0 Å². The number of nitrogens with zero attached hydrogens (tertiary/aromatic N) is 5. The topological polar surface area (TPSA) is 57.8 Å². The Balaban J connectivity index is 1.15. The maximum atomic E-state index is 13.0. The van der Waals surface area contributed by atoms with Gasteiger partial charge in [0.1, 0.15) is 6.26 Å². The molecule has 31 heavy (non-hydrogen) atoms. The van der Waals surface area contributed by atoms with Gasteiger partial charge in [0.15, 0.2) is 5.69 Å². The van der Waals surface area contributed by atoms with Crippen LogP contribution in [0, 0.1) is 0 Å². The molecule has 0 aliphatic carbocycles. The molecule has 1 aromatic carbocycles. The fourth-order valence-corrected chi connectivity index (χ4v) is 4.62. The van der Waals surface area contributed by atoms with Crippen molar-refractivity contribution in [3.05, 3.63) is 77.8 Å². The molecule has 2 aliphatic heterocycles. The van der Waals surface area contributed by atoms with Crippen molar-refractivity contribution in [3.63, 3.8) is 0 Å². The number of amides is 1. The second-order valence-electron chi connectivity index (χ2n) is 8.47. The van der Waals surface area contributed by atoms with Crippen LogP contribution >= 0.6 is 0 Å². The third-order valence-corrected chi connectivity index (χ3v) is 6.45. The minimum atomic E-state index is -0.0531. The Labute approximate surface area is 182 Å². The molecule has 3 aromatic rings. The maximum Gasteiger partial charge on any atom is 0.276 e. The molecule has 0 unspecified atom stereocenters. The predicted molar refractivity (Wildman–Crippen MR) is 117 cm³/mol. The lowest BCUT2D eigenvalue weighted by Gasteiger charge is -2.34. The summed E-state index contributed by atoms with van der Waals surface area (Å²) in [6.45, 7) is 9.19. The average molecular weight is 420 g/mol. The molecule has 1 amide bonds. The smallest absolute Gasteiger partial charge is 0.276 e. The summed E-state index contributed by atoms with van der Waals surface area (Å²) in [7, 11) is 0. The van der Waals surface area contributed by atoms with Gasteiger partial charge in [0.25, 0.3) is 5.91 Å². The molecule has 4 heterocycles. The molecule has 0 spiro atoms. The number of piperazine rings is 1. The van der Waals surface area contributed by atoms with E-state index in [9.17, 15) is 4.79 Å². The van der Waals surface area contributed by atoms with Gasteiger partial charge in [-0.2, -0.15) is 0 Å². The van der Waals surface area contributed by atoms with Crippen molar-refractivity contribution >= 4 is 5.91 Å². The SMILES string of the molecule is C[C@H]1c2cccn2CCN1C(=O)c1coc(CN2CCN(Cc3ccccc3)CC2)n1. The zero-order valence-electron chi connectivity index (χ0n) is 18.0. The van der Waals surface area contributed by atoms with Gasteiger partial charge in [-0.15, -0.1) is 0 Å². The number of hydrogen-bond acceptors (Lipinski definition) is 5. The minimum Gasteiger partial charge on any atom is -0.447 e. The molecule has 1 atom stereocenters. The van der Waals surface area contributed by atoms with E-state index in [0.717, 1.165) is 45.0 Å². The van der Waals surface area contributed by atoms with Crippen molar-refractivity contribution in [2.24, 2.45) is 0 Å². The average Bonchev–Trinajstić information content (AvgIpc) is 3.46. The van der Waals surface area contributed by atoms with E-state index in [1.807, 2.05) is 11.0 Å². The Morgan fingerprint density at radius 2 is 1.71 bits per heavy atom. The van der Waals surface area contributed by atoms with Gasteiger partial charge in [-0.25, -0.2) is 4.98 Å². The molecule has 162 valence electrons. The first kappa shape index (κ1) is 20.0. The van der Waals surface area contributed by atoms with Gasteiger partial charge in [0.2, 0.25) is 5.89 Å². The van der Waals surface area contributed by atoms with Crippen LogP contribution in [-0.4, -0.2) is 62.9 Å². The number of oxazole rings is 1. The molecule has 0 N–H and O–H groups in total. The van der Waals surface area contributed by atoms with Crippen molar-refractivity contribution in [1.82, 2.24) is 24.3 Å². The third kappa shape index (κ3) is 4.29. The summed E-state index contributed by atoms with van der Waals surface area (Å²) >= 11 is 0. The van der Waals surface area contributed by atoms with Crippen LogP contribution in [0.5, 0.6) is 0 Å². The zero-order valence-corrected chi connectivity index (χ0v) is 18.0. The van der Waals surface area contributed by atoms with Crippen LogP contribution in [0.15, 0.2) is 59.3 Å². The normalized spacial score (nSPS) is 20.0. The number of benzene rings is 1. The lowest BCUT2D eigenvalue weighted by atomic mass is 10.1. The van der Waals surface area contributed by atoms with Crippen LogP contribution in [0.2, 0.25) is 0 Å². The first-order chi connectivity index (χ1) is 15.2. The van der Waals surface area contributed by atoms with Gasteiger partial charge < -0.3 is 13.9 Å². The van der Waals surface area contributed by atoms with Gasteiger partial charge in [0.05, 0.1) is 12.6 Å². The van der Waals surface area contributed by atoms with E-state index >= 15 is 0 Å². The first-order valence-corrected chi connectivity index (χ1v) is 11.1. The number of carbonyl (C=O) groups excluding carboxylic acids is 1. The van der Waals surface area contributed by atoms with Crippen molar-refractivity contribution in [1.29, 1.82) is 0 Å². The van der Waals surface area contributed by atoms with Gasteiger partial charge in [-0.05, 0) is 24.6 Å². The summed E-state index contributed by atoms with van der Waals surface area (Å²) in [6.07, 6.45) is 3.59. The van der Waals surface area contributed by atoms with Gasteiger partial charge in [0, 0.05) is 57.7 Å². The monoisotopic (exact) mass is 419 g/mol. The fraction of sp³-hybridized carbons (Fsp3) is 0.417. The summed E-state index contributed by atoms with van der Waals surface area (Å²) in [4.78, 5) is 24.3. The van der Waals surface area contributed by atoms with E-state index in [1.54, 1.807) is 0 Å². The molecule has 0 saturated carbocycles. The van der Waals surface area contributed by atoms with E-state index in [0.29, 0.717) is 24.7 Å². The third-order valence-electron chi connectivity index (χ3n) is 6.45. The molecular formula is C24H29N5O2. The highest BCUT2D eigenvalue weighted by atomic mass is 16.3. The Hall–Kier alpha value is -2.90. The fourth-order valence-electron chi connectivity index (χ4n) is 4.62. The molecule has 1 saturated heterocycles. The Kier molecular flexibility index (Phi) is 5.61. The van der Waals surface area contributed by atoms with Gasteiger partial charge >= 0.3 is 0 Å². The predicted octanol–water partition coefficient (Wildman–Crippen LogP) is 3.01. The lowest BCUT2D eigenvalue weighted by Crippen LogP contribution is -2.45. The van der Waals surface area contributed by atoms with Crippen LogP contribution in [0.4, 0.5) is 0 Å². The molecule has 7 nitrogen and oxygen atoms in total. The second kappa shape index (κ2) is 8.69. The van der Waals surface area contributed by atoms with Gasteiger partial charge in [-0.3, -0.25) is 14.6 Å². The standard InChI is InChI=1S/C24H29N5O2/c1-19-22-8-5-9-28(22)14-15-29(19)24(30)21-18-31-23(25-21)17-27-12-10-26(11-13-27)16-20-6-3-2-4-7-20/h2-9,18-19H,10-17H2,1H3/t19-/m0/s1. The highest BCUT2D eigenvalue weighted by Gasteiger charge is 2.30. The largest absolute Gasteiger partial charge is 0.447 e. The molecule has 5 rings (SSSR count). The van der Waals surface area contributed by atoms with E-state index in [4.69, 9.17) is 4.42 Å². The zero-order chi connectivity index (χ0) is 21.2. The second-order valence-corrected chi connectivity index (χ2v) is 8.47. The quantitative estimate of drug-likeness (QED) is 0.636. The Morgan fingerprint density at radius 1 is 0.968 bits per heavy atom. The molecule has 1 fully saturated rings. The molecule has 2 aliphatic rings. The number of carbonyl (C=O) groups is 1. The molecular weight excluding hydrogens is 390 g/mol. The maximum absolute atomic E-state index is 13.0. The van der Waals surface area contributed by atoms with E-state index < -0.39 is 0 Å². The summed E-state index contributed by atoms with van der Waals surface area (Å²) in [5.74, 6) is 0.565. The van der Waals surface area contributed by atoms with E-state index in [-0.39, 0.29) is 11.9 Å². The van der Waals surface area contributed by atoms with E-state index in [2.05, 4.69) is 68.9 Å². The van der Waals surface area contributed by atoms with Gasteiger partial charge in [-0.1, -0.05) is 30.3 Å². The van der Waals surface area contributed by atoms with Crippen molar-refractivity contribution in [2.75, 3.05) is 32.7 Å². The summed E-state index contributed by atoms with van der Waals surface area (Å²) in [5, 5.41) is 0. The number of aromatic nitrogens is 2.